The number of phenols is 4. The molecule has 236 valence electrons. The summed E-state index contributed by atoms with van der Waals surface area (Å²) in [6.07, 6.45) is 0. The van der Waals surface area contributed by atoms with E-state index in [1.165, 1.54) is 9.59 Å². The minimum absolute atomic E-state index is 0.0193. The molecule has 0 aliphatic heterocycles. The maximum Gasteiger partial charge on any atom is 0.155 e. The van der Waals surface area contributed by atoms with Crippen LogP contribution in [0.1, 0.15) is 22.3 Å². The number of nitrogens with zero attached hydrogens (tertiary/aromatic N) is 6. The summed E-state index contributed by atoms with van der Waals surface area (Å²) >= 11 is 0. The van der Waals surface area contributed by atoms with Crippen molar-refractivity contribution in [1.29, 1.82) is 0 Å². The van der Waals surface area contributed by atoms with E-state index in [1.807, 2.05) is 88.4 Å². The molecule has 0 bridgehead atoms. The average Bonchev–Trinajstić information content (AvgIpc) is 3.72. The van der Waals surface area contributed by atoms with Crippen molar-refractivity contribution in [2.24, 2.45) is 0 Å². The van der Waals surface area contributed by atoms with Crippen LogP contribution in [0.3, 0.4) is 0 Å². The lowest BCUT2D eigenvalue weighted by Crippen LogP contribution is -2.00. The molecule has 4 N–H and O–H groups in total. The van der Waals surface area contributed by atoms with Gasteiger partial charge in [0.25, 0.3) is 0 Å². The number of rotatable bonds is 4. The second-order valence-electron chi connectivity index (χ2n) is 12.2. The van der Waals surface area contributed by atoms with Crippen LogP contribution in [-0.2, 0) is 0 Å². The molecular formula is C38H30N6O4. The van der Waals surface area contributed by atoms with Gasteiger partial charge in [-0.15, -0.1) is 30.0 Å². The zero-order valence-electron chi connectivity index (χ0n) is 26.6. The normalized spacial score (nSPS) is 11.7. The van der Waals surface area contributed by atoms with Gasteiger partial charge >= 0.3 is 0 Å². The Morgan fingerprint density at radius 2 is 0.833 bits per heavy atom. The van der Waals surface area contributed by atoms with Gasteiger partial charge in [-0.25, -0.2) is 0 Å². The average molecular weight is 635 g/mol. The molecule has 0 aliphatic carbocycles. The van der Waals surface area contributed by atoms with Gasteiger partial charge in [-0.2, -0.15) is 0 Å². The van der Waals surface area contributed by atoms with Crippen molar-refractivity contribution < 1.29 is 20.4 Å². The van der Waals surface area contributed by atoms with Crippen LogP contribution < -0.4 is 0 Å². The Kier molecular flexibility index (Phi) is 6.38. The van der Waals surface area contributed by atoms with Gasteiger partial charge in [-0.1, -0.05) is 48.5 Å². The lowest BCUT2D eigenvalue weighted by molar-refractivity contribution is 0.462. The molecule has 8 rings (SSSR count). The van der Waals surface area contributed by atoms with Gasteiger partial charge in [0, 0.05) is 11.1 Å². The summed E-state index contributed by atoms with van der Waals surface area (Å²) < 4.78 is 0. The van der Waals surface area contributed by atoms with E-state index in [2.05, 4.69) is 10.2 Å². The standard InChI is InChI=1S/C38H30N6O4/c1-19-15-21(3)37(47)29(17-19)43-39-33-27(11-13-31(45)35(33)41-43)25-9-5-8-24-23(25)7-6-10-26(24)28-12-14-32(46)36-34(28)40-44(42-36)30-18-20(2)16-22(4)38(30)48/h5-18,45-48H,1-4H3. The second-order valence-corrected chi connectivity index (χ2v) is 12.2. The minimum atomic E-state index is -0.0193. The third-order valence-corrected chi connectivity index (χ3v) is 8.82. The third kappa shape index (κ3) is 4.41. The van der Waals surface area contributed by atoms with Crippen LogP contribution in [-0.4, -0.2) is 50.4 Å². The molecule has 10 nitrogen and oxygen atoms in total. The number of hydrogen-bond acceptors (Lipinski definition) is 8. The maximum absolute atomic E-state index is 10.8. The Bertz CT molecular complexity index is 2440. The topological polar surface area (TPSA) is 142 Å². The van der Waals surface area contributed by atoms with Gasteiger partial charge in [-0.05, 0) is 108 Å². The van der Waals surface area contributed by atoms with Crippen molar-refractivity contribution in [3.05, 3.63) is 107 Å². The van der Waals surface area contributed by atoms with Crippen LogP contribution in [0.15, 0.2) is 84.9 Å². The molecule has 6 aromatic carbocycles. The summed E-state index contributed by atoms with van der Waals surface area (Å²) in [4.78, 5) is 2.73. The van der Waals surface area contributed by atoms with Crippen LogP contribution >= 0.6 is 0 Å². The van der Waals surface area contributed by atoms with Crippen LogP contribution in [0.5, 0.6) is 23.0 Å². The highest BCUT2D eigenvalue weighted by Gasteiger charge is 2.21. The number of benzene rings is 6. The van der Waals surface area contributed by atoms with E-state index < -0.39 is 0 Å². The van der Waals surface area contributed by atoms with Crippen molar-refractivity contribution in [3.8, 4) is 56.6 Å². The molecule has 0 aliphatic rings. The lowest BCUT2D eigenvalue weighted by atomic mass is 9.92. The number of hydrogen-bond donors (Lipinski definition) is 4. The highest BCUT2D eigenvalue weighted by molar-refractivity contribution is 6.11. The fraction of sp³-hybridized carbons (Fsp3) is 0.105. The predicted molar refractivity (Wildman–Crippen MR) is 185 cm³/mol. The molecular weight excluding hydrogens is 604 g/mol. The smallest absolute Gasteiger partial charge is 0.155 e. The SMILES string of the molecule is Cc1cc(C)c(O)c(-n2nc3c(O)ccc(-c4cccc5c(-c6ccc(O)c7nn(-c8cc(C)cc(C)c8O)nc67)cccc45)c3n2)c1. The van der Waals surface area contributed by atoms with Gasteiger partial charge in [0.05, 0.1) is 0 Å². The van der Waals surface area contributed by atoms with E-state index in [0.717, 1.165) is 44.2 Å². The van der Waals surface area contributed by atoms with E-state index in [1.54, 1.807) is 24.3 Å². The van der Waals surface area contributed by atoms with Gasteiger partial charge in [-0.3, -0.25) is 0 Å². The van der Waals surface area contributed by atoms with Crippen molar-refractivity contribution in [3.63, 3.8) is 0 Å². The molecule has 0 saturated heterocycles. The summed E-state index contributed by atoms with van der Waals surface area (Å²) in [5.41, 5.74) is 8.98. The molecule has 8 aromatic rings. The van der Waals surface area contributed by atoms with Gasteiger partial charge in [0.2, 0.25) is 0 Å². The van der Waals surface area contributed by atoms with Crippen LogP contribution in [0.4, 0.5) is 0 Å². The first kappa shape index (κ1) is 29.0. The Morgan fingerprint density at radius 1 is 0.438 bits per heavy atom. The highest BCUT2D eigenvalue weighted by atomic mass is 16.3. The van der Waals surface area contributed by atoms with Crippen molar-refractivity contribution in [1.82, 2.24) is 30.0 Å². The Balaban J connectivity index is 1.32. The third-order valence-electron chi connectivity index (χ3n) is 8.82. The largest absolute Gasteiger partial charge is 0.506 e. The first-order valence-electron chi connectivity index (χ1n) is 15.4. The van der Waals surface area contributed by atoms with E-state index in [-0.39, 0.29) is 23.0 Å². The molecule has 0 atom stereocenters. The summed E-state index contributed by atoms with van der Waals surface area (Å²) in [7, 11) is 0. The van der Waals surface area contributed by atoms with E-state index in [0.29, 0.717) is 44.6 Å². The van der Waals surface area contributed by atoms with Crippen molar-refractivity contribution >= 4 is 32.8 Å². The number of aromatic hydroxyl groups is 4. The molecule has 0 unspecified atom stereocenters. The Hall–Kier alpha value is -6.42. The van der Waals surface area contributed by atoms with Crippen molar-refractivity contribution in [2.75, 3.05) is 0 Å². The fourth-order valence-corrected chi connectivity index (χ4v) is 6.57. The molecule has 0 spiro atoms. The number of fused-ring (bicyclic) bond motifs is 3. The summed E-state index contributed by atoms with van der Waals surface area (Å²) in [6.45, 7) is 7.51. The molecule has 48 heavy (non-hydrogen) atoms. The summed E-state index contributed by atoms with van der Waals surface area (Å²) in [5.74, 6) is 0.103. The van der Waals surface area contributed by atoms with E-state index in [9.17, 15) is 20.4 Å². The molecule has 2 aromatic heterocycles. The molecule has 2 heterocycles. The Labute approximate surface area is 274 Å². The second kappa shape index (κ2) is 10.6. The molecule has 0 fully saturated rings. The van der Waals surface area contributed by atoms with Crippen LogP contribution in [0.2, 0.25) is 0 Å². The predicted octanol–water partition coefficient (Wildman–Crippen LogP) is 7.70. The monoisotopic (exact) mass is 634 g/mol. The van der Waals surface area contributed by atoms with Gasteiger partial charge in [0.1, 0.15) is 45.4 Å². The maximum atomic E-state index is 10.8. The highest BCUT2D eigenvalue weighted by Crippen LogP contribution is 2.41. The zero-order valence-corrected chi connectivity index (χ0v) is 26.6. The number of phenolic OH excluding ortho intramolecular Hbond substituents is 4. The first-order chi connectivity index (χ1) is 23.1. The van der Waals surface area contributed by atoms with Gasteiger partial charge in [0.15, 0.2) is 11.0 Å². The molecule has 0 radical (unpaired) electrons. The number of aromatic nitrogens is 6. The molecule has 10 heteroatoms. The lowest BCUT2D eigenvalue weighted by Gasteiger charge is -2.12. The quantitative estimate of drug-likeness (QED) is 0.154. The van der Waals surface area contributed by atoms with E-state index >= 15 is 0 Å². The van der Waals surface area contributed by atoms with Crippen molar-refractivity contribution in [2.45, 2.75) is 27.7 Å². The summed E-state index contributed by atoms with van der Waals surface area (Å²) in [6, 6.07) is 26.2. The Morgan fingerprint density at radius 3 is 1.25 bits per heavy atom. The summed E-state index contributed by atoms with van der Waals surface area (Å²) in [5, 5.41) is 63.8. The van der Waals surface area contributed by atoms with Crippen LogP contribution in [0.25, 0.3) is 66.5 Å². The zero-order chi connectivity index (χ0) is 33.4. The van der Waals surface area contributed by atoms with Crippen LogP contribution in [0, 0.1) is 27.7 Å². The van der Waals surface area contributed by atoms with Gasteiger partial charge < -0.3 is 20.4 Å². The fourth-order valence-electron chi connectivity index (χ4n) is 6.57. The number of aryl methyl sites for hydroxylation is 4. The molecule has 0 saturated carbocycles. The minimum Gasteiger partial charge on any atom is -0.506 e. The first-order valence-corrected chi connectivity index (χ1v) is 15.4. The molecule has 0 amide bonds. The van der Waals surface area contributed by atoms with E-state index in [4.69, 9.17) is 10.2 Å².